The summed E-state index contributed by atoms with van der Waals surface area (Å²) in [6, 6.07) is 0. The van der Waals surface area contributed by atoms with E-state index in [1.54, 1.807) is 0 Å². The van der Waals surface area contributed by atoms with E-state index in [9.17, 15) is 0 Å². The quantitative estimate of drug-likeness (QED) is 0.319. The number of hydrogen-bond donors (Lipinski definition) is 0. The van der Waals surface area contributed by atoms with Crippen molar-refractivity contribution in [3.8, 4) is 0 Å². The van der Waals surface area contributed by atoms with E-state index in [1.165, 1.54) is 77.3 Å². The van der Waals surface area contributed by atoms with Crippen LogP contribution in [-0.2, 0) is 0 Å². The Labute approximate surface area is 140 Å². The molecule has 0 aromatic heterocycles. The van der Waals surface area contributed by atoms with Crippen molar-refractivity contribution in [1.82, 2.24) is 4.90 Å². The molecule has 0 aromatic rings. The van der Waals surface area contributed by atoms with Gasteiger partial charge in [-0.2, -0.15) is 0 Å². The van der Waals surface area contributed by atoms with Crippen LogP contribution in [-0.4, -0.2) is 43.4 Å². The van der Waals surface area contributed by atoms with Gasteiger partial charge in [0.1, 0.15) is 0 Å². The summed E-state index contributed by atoms with van der Waals surface area (Å²) < 4.78 is 0. The molecule has 0 unspecified atom stereocenters. The maximum atomic E-state index is 3.79. The Kier molecular flexibility index (Phi) is 21.8. The molecule has 0 rings (SSSR count). The zero-order valence-corrected chi connectivity index (χ0v) is 13.5. The number of rotatable bonds is 14. The van der Waals surface area contributed by atoms with Crippen LogP contribution in [0.15, 0.2) is 12.2 Å². The summed E-state index contributed by atoms with van der Waals surface area (Å²) in [7, 11) is 0. The van der Waals surface area contributed by atoms with Gasteiger partial charge in [0.2, 0.25) is 0 Å². The third kappa shape index (κ3) is 16.4. The molecule has 0 atom stereocenters. The first-order chi connectivity index (χ1) is 9.35. The third-order valence-corrected chi connectivity index (χ3v) is 3.69. The monoisotopic (exact) mass is 274 g/mol. The number of unbranched alkanes of at least 4 members (excludes halogenated alkanes) is 8. The van der Waals surface area contributed by atoms with Gasteiger partial charge in [-0.15, -0.1) is 0 Å². The van der Waals surface area contributed by atoms with Gasteiger partial charge in [-0.05, 0) is 32.9 Å². The van der Waals surface area contributed by atoms with Crippen LogP contribution in [0.25, 0.3) is 0 Å². The van der Waals surface area contributed by atoms with Crippen molar-refractivity contribution >= 4 is 18.9 Å². The van der Waals surface area contributed by atoms with Crippen molar-refractivity contribution in [3.05, 3.63) is 19.1 Å². The normalized spacial score (nSPS) is 11.2. The van der Waals surface area contributed by atoms with E-state index >= 15 is 0 Å². The van der Waals surface area contributed by atoms with Crippen LogP contribution in [0, 0.1) is 6.92 Å². The van der Waals surface area contributed by atoms with Gasteiger partial charge in [-0.3, -0.25) is 4.90 Å². The molecular weight excluding hydrogens is 237 g/mol. The summed E-state index contributed by atoms with van der Waals surface area (Å²) in [4.78, 5) is 2.60. The van der Waals surface area contributed by atoms with Gasteiger partial charge in [-0.25, -0.2) is 0 Å². The molecular formula is C18H37LiN. The predicted molar refractivity (Wildman–Crippen MR) is 95.6 cm³/mol. The standard InChI is InChI=1S/C18H36N.Li.H/c1-4-7-10-12-14-17-19(16-9-6-3)18-15-13-11-8-5-2;;/h6,9H,3-5,7-8,10-18H2,1-2H3;;/b9-6+;;. The molecule has 0 fully saturated rings. The first-order valence-corrected chi connectivity index (χ1v) is 8.51. The fourth-order valence-corrected chi connectivity index (χ4v) is 2.40. The van der Waals surface area contributed by atoms with Gasteiger partial charge < -0.3 is 0 Å². The van der Waals surface area contributed by atoms with Gasteiger partial charge in [0, 0.05) is 6.54 Å². The SMILES string of the molecule is [CH2]/C=C/CN(CCCCCCC)CCCCCCC.[LiH]. The Morgan fingerprint density at radius 1 is 0.750 bits per heavy atom. The van der Waals surface area contributed by atoms with Gasteiger partial charge >= 0.3 is 18.9 Å². The molecule has 20 heavy (non-hydrogen) atoms. The van der Waals surface area contributed by atoms with Crippen molar-refractivity contribution < 1.29 is 0 Å². The van der Waals surface area contributed by atoms with E-state index in [2.05, 4.69) is 31.7 Å². The van der Waals surface area contributed by atoms with Crippen molar-refractivity contribution in [1.29, 1.82) is 0 Å². The molecule has 0 aromatic carbocycles. The Morgan fingerprint density at radius 3 is 1.60 bits per heavy atom. The molecule has 0 aliphatic carbocycles. The Bertz CT molecular complexity index is 178. The Morgan fingerprint density at radius 2 is 1.20 bits per heavy atom. The van der Waals surface area contributed by atoms with E-state index in [4.69, 9.17) is 0 Å². The molecule has 0 amide bonds. The number of hydrogen-bond acceptors (Lipinski definition) is 1. The van der Waals surface area contributed by atoms with E-state index in [0.717, 1.165) is 6.54 Å². The molecule has 0 aliphatic heterocycles. The minimum absolute atomic E-state index is 0. The van der Waals surface area contributed by atoms with Crippen molar-refractivity contribution in [2.75, 3.05) is 19.6 Å². The molecule has 0 spiro atoms. The fraction of sp³-hybridized carbons (Fsp3) is 0.833. The molecule has 2 heteroatoms. The second-order valence-electron chi connectivity index (χ2n) is 5.60. The molecule has 0 bridgehead atoms. The van der Waals surface area contributed by atoms with Crippen LogP contribution in [0.4, 0.5) is 0 Å². The summed E-state index contributed by atoms with van der Waals surface area (Å²) >= 11 is 0. The van der Waals surface area contributed by atoms with Gasteiger partial charge in [0.05, 0.1) is 0 Å². The van der Waals surface area contributed by atoms with Crippen molar-refractivity contribution in [3.63, 3.8) is 0 Å². The Hall–Kier alpha value is 0.297. The predicted octanol–water partition coefficient (Wildman–Crippen LogP) is 4.97. The molecule has 0 aliphatic rings. The molecule has 1 radical (unpaired) electrons. The van der Waals surface area contributed by atoms with Crippen LogP contribution < -0.4 is 0 Å². The maximum absolute atomic E-state index is 3.79. The van der Waals surface area contributed by atoms with Crippen LogP contribution in [0.1, 0.15) is 78.1 Å². The molecule has 0 N–H and O–H groups in total. The van der Waals surface area contributed by atoms with Crippen LogP contribution in [0.3, 0.4) is 0 Å². The minimum atomic E-state index is 0. The van der Waals surface area contributed by atoms with Gasteiger partial charge in [0.25, 0.3) is 0 Å². The van der Waals surface area contributed by atoms with Crippen molar-refractivity contribution in [2.45, 2.75) is 78.1 Å². The van der Waals surface area contributed by atoms with Crippen LogP contribution in [0.5, 0.6) is 0 Å². The van der Waals surface area contributed by atoms with Crippen LogP contribution >= 0.6 is 0 Å². The van der Waals surface area contributed by atoms with E-state index in [1.807, 2.05) is 6.08 Å². The van der Waals surface area contributed by atoms with E-state index in [-0.39, 0.29) is 18.9 Å². The summed E-state index contributed by atoms with van der Waals surface area (Å²) in [5.74, 6) is 0. The summed E-state index contributed by atoms with van der Waals surface area (Å²) in [6.45, 7) is 12.0. The first-order valence-electron chi connectivity index (χ1n) is 8.51. The second kappa shape index (κ2) is 19.3. The van der Waals surface area contributed by atoms with Crippen LogP contribution in [0.2, 0.25) is 0 Å². The second-order valence-corrected chi connectivity index (χ2v) is 5.60. The topological polar surface area (TPSA) is 3.24 Å². The Balaban J connectivity index is 0. The fourth-order valence-electron chi connectivity index (χ4n) is 2.40. The zero-order valence-electron chi connectivity index (χ0n) is 13.5. The third-order valence-electron chi connectivity index (χ3n) is 3.69. The van der Waals surface area contributed by atoms with Gasteiger partial charge in [-0.1, -0.05) is 77.4 Å². The first kappa shape index (κ1) is 22.6. The summed E-state index contributed by atoms with van der Waals surface area (Å²) in [5.41, 5.74) is 0. The zero-order chi connectivity index (χ0) is 14.2. The summed E-state index contributed by atoms with van der Waals surface area (Å²) in [6.07, 6.45) is 17.9. The average Bonchev–Trinajstić information content (AvgIpc) is 2.43. The van der Waals surface area contributed by atoms with Gasteiger partial charge in [0.15, 0.2) is 0 Å². The van der Waals surface area contributed by atoms with E-state index < -0.39 is 0 Å². The molecule has 0 saturated heterocycles. The van der Waals surface area contributed by atoms with Crippen molar-refractivity contribution in [2.24, 2.45) is 0 Å². The molecule has 0 saturated carbocycles. The number of allylic oxidation sites excluding steroid dienone is 1. The summed E-state index contributed by atoms with van der Waals surface area (Å²) in [5, 5.41) is 0. The molecule has 0 heterocycles. The number of nitrogens with zero attached hydrogens (tertiary/aromatic N) is 1. The molecule has 115 valence electrons. The van der Waals surface area contributed by atoms with E-state index in [0.29, 0.717) is 0 Å². The average molecular weight is 274 g/mol. The molecule has 1 nitrogen and oxygen atoms in total.